The Labute approximate surface area is 59.8 Å². The number of hydrogen-bond donors (Lipinski definition) is 1. The molecule has 2 nitrogen and oxygen atoms in total. The second-order valence-corrected chi connectivity index (χ2v) is 2.61. The van der Waals surface area contributed by atoms with Crippen molar-refractivity contribution in [3.05, 3.63) is 0 Å². The average Bonchev–Trinajstić information content (AvgIpc) is 1.94. The van der Waals surface area contributed by atoms with E-state index >= 15 is 0 Å². The van der Waals surface area contributed by atoms with E-state index in [9.17, 15) is 9.18 Å². The molecule has 0 saturated carbocycles. The van der Waals surface area contributed by atoms with E-state index in [1.807, 2.05) is 0 Å². The fourth-order valence-electron chi connectivity index (χ4n) is 1.24. The molecule has 10 heavy (non-hydrogen) atoms. The Kier molecular flexibility index (Phi) is 2.66. The summed E-state index contributed by atoms with van der Waals surface area (Å²) < 4.78 is 11.8. The Morgan fingerprint density at radius 2 is 2.50 bits per heavy atom. The maximum atomic E-state index is 11.8. The number of piperidine rings is 1. The minimum absolute atomic E-state index is 0.0314. The second-order valence-electron chi connectivity index (χ2n) is 2.61. The standard InChI is InChI=1S/C7H12FNO/c8-4-3-6-2-1-5-9-7(6)10/h6H,1-5H2,(H,9,10)/t6-/m0/s1. The number of amides is 1. The first kappa shape index (κ1) is 7.51. The molecule has 1 N–H and O–H groups in total. The van der Waals surface area contributed by atoms with E-state index in [1.54, 1.807) is 0 Å². The first-order valence-electron chi connectivity index (χ1n) is 3.68. The van der Waals surface area contributed by atoms with Gasteiger partial charge in [-0.2, -0.15) is 0 Å². The van der Waals surface area contributed by atoms with Gasteiger partial charge in [-0.25, -0.2) is 0 Å². The van der Waals surface area contributed by atoms with Crippen LogP contribution in [0.2, 0.25) is 0 Å². The molecule has 0 spiro atoms. The monoisotopic (exact) mass is 145 g/mol. The van der Waals surface area contributed by atoms with Gasteiger partial charge in [0.1, 0.15) is 0 Å². The van der Waals surface area contributed by atoms with Crippen LogP contribution in [0.4, 0.5) is 4.39 Å². The number of nitrogens with one attached hydrogen (secondary N) is 1. The summed E-state index contributed by atoms with van der Waals surface area (Å²) in [4.78, 5) is 10.9. The predicted octanol–water partition coefficient (Wildman–Crippen LogP) is 0.872. The highest BCUT2D eigenvalue weighted by Gasteiger charge is 2.20. The minimum atomic E-state index is -0.377. The van der Waals surface area contributed by atoms with Crippen LogP contribution in [0.25, 0.3) is 0 Å². The fourth-order valence-corrected chi connectivity index (χ4v) is 1.24. The van der Waals surface area contributed by atoms with Crippen molar-refractivity contribution in [2.45, 2.75) is 19.3 Å². The van der Waals surface area contributed by atoms with E-state index in [0.717, 1.165) is 19.4 Å². The topological polar surface area (TPSA) is 29.1 Å². The third kappa shape index (κ3) is 1.69. The third-order valence-electron chi connectivity index (χ3n) is 1.86. The number of carbonyl (C=O) groups excluding carboxylic acids is 1. The zero-order chi connectivity index (χ0) is 7.40. The van der Waals surface area contributed by atoms with Crippen molar-refractivity contribution in [1.82, 2.24) is 5.32 Å². The number of hydrogen-bond acceptors (Lipinski definition) is 1. The van der Waals surface area contributed by atoms with Crippen molar-refractivity contribution in [3.63, 3.8) is 0 Å². The molecule has 1 amide bonds. The summed E-state index contributed by atoms with van der Waals surface area (Å²) in [5.74, 6) is -0.0253. The van der Waals surface area contributed by atoms with Crippen molar-refractivity contribution < 1.29 is 9.18 Å². The summed E-state index contributed by atoms with van der Waals surface area (Å²) in [6.45, 7) is 0.389. The summed E-state index contributed by atoms with van der Waals surface area (Å²) in [5, 5.41) is 2.71. The van der Waals surface area contributed by atoms with Gasteiger partial charge in [0.25, 0.3) is 0 Å². The van der Waals surface area contributed by atoms with Crippen LogP contribution in [0, 0.1) is 5.92 Å². The lowest BCUT2D eigenvalue weighted by molar-refractivity contribution is -0.126. The van der Waals surface area contributed by atoms with Crippen LogP contribution in [0.1, 0.15) is 19.3 Å². The van der Waals surface area contributed by atoms with Crippen LogP contribution in [0.15, 0.2) is 0 Å². The number of alkyl halides is 1. The lowest BCUT2D eigenvalue weighted by atomic mass is 9.96. The molecule has 0 bridgehead atoms. The molecule has 1 aliphatic rings. The van der Waals surface area contributed by atoms with Gasteiger partial charge in [-0.05, 0) is 19.3 Å². The molecule has 58 valence electrons. The predicted molar refractivity (Wildman–Crippen MR) is 36.3 cm³/mol. The summed E-state index contributed by atoms with van der Waals surface area (Å²) in [7, 11) is 0. The van der Waals surface area contributed by atoms with Gasteiger partial charge in [0.2, 0.25) is 5.91 Å². The van der Waals surface area contributed by atoms with Gasteiger partial charge in [0.05, 0.1) is 6.67 Å². The Bertz CT molecular complexity index is 125. The maximum absolute atomic E-state index is 11.8. The van der Waals surface area contributed by atoms with Gasteiger partial charge < -0.3 is 5.32 Å². The number of rotatable bonds is 2. The molecule has 0 aromatic carbocycles. The zero-order valence-corrected chi connectivity index (χ0v) is 5.90. The molecule has 3 heteroatoms. The van der Waals surface area contributed by atoms with Crippen molar-refractivity contribution in [2.24, 2.45) is 5.92 Å². The highest BCUT2D eigenvalue weighted by molar-refractivity contribution is 5.79. The molecule has 0 aromatic heterocycles. The van der Waals surface area contributed by atoms with Crippen molar-refractivity contribution in [1.29, 1.82) is 0 Å². The van der Waals surface area contributed by atoms with Crippen molar-refractivity contribution in [2.75, 3.05) is 13.2 Å². The van der Waals surface area contributed by atoms with Crippen LogP contribution in [-0.4, -0.2) is 19.1 Å². The summed E-state index contributed by atoms with van der Waals surface area (Å²) >= 11 is 0. The summed E-state index contributed by atoms with van der Waals surface area (Å²) in [6.07, 6.45) is 2.25. The maximum Gasteiger partial charge on any atom is 0.223 e. The molecule has 1 atom stereocenters. The SMILES string of the molecule is O=C1NCCC[C@H]1CCF. The van der Waals surface area contributed by atoms with E-state index in [4.69, 9.17) is 0 Å². The Balaban J connectivity index is 2.32. The van der Waals surface area contributed by atoms with Crippen molar-refractivity contribution in [3.8, 4) is 0 Å². The molecule has 0 aromatic rings. The smallest absolute Gasteiger partial charge is 0.223 e. The van der Waals surface area contributed by atoms with Gasteiger partial charge in [-0.1, -0.05) is 0 Å². The quantitative estimate of drug-likeness (QED) is 0.613. The largest absolute Gasteiger partial charge is 0.356 e. The molecule has 1 aliphatic heterocycles. The zero-order valence-electron chi connectivity index (χ0n) is 5.90. The van der Waals surface area contributed by atoms with Gasteiger partial charge in [-0.15, -0.1) is 0 Å². The van der Waals surface area contributed by atoms with Crippen LogP contribution in [-0.2, 0) is 4.79 Å². The first-order valence-corrected chi connectivity index (χ1v) is 3.68. The van der Waals surface area contributed by atoms with Crippen molar-refractivity contribution >= 4 is 5.91 Å². The molecule has 1 heterocycles. The molecular weight excluding hydrogens is 133 g/mol. The van der Waals surface area contributed by atoms with Gasteiger partial charge in [0, 0.05) is 12.5 Å². The normalized spacial score (nSPS) is 26.1. The molecule has 1 saturated heterocycles. The molecular formula is C7H12FNO. The van der Waals surface area contributed by atoms with Crippen LogP contribution < -0.4 is 5.32 Å². The number of carbonyl (C=O) groups is 1. The van der Waals surface area contributed by atoms with E-state index in [0.29, 0.717) is 6.42 Å². The fraction of sp³-hybridized carbons (Fsp3) is 0.857. The highest BCUT2D eigenvalue weighted by Crippen LogP contribution is 2.14. The first-order chi connectivity index (χ1) is 4.84. The molecule has 0 aliphatic carbocycles. The Morgan fingerprint density at radius 1 is 1.70 bits per heavy atom. The lowest BCUT2D eigenvalue weighted by Crippen LogP contribution is -2.36. The van der Waals surface area contributed by atoms with E-state index < -0.39 is 0 Å². The Morgan fingerprint density at radius 3 is 3.10 bits per heavy atom. The second kappa shape index (κ2) is 3.54. The highest BCUT2D eigenvalue weighted by atomic mass is 19.1. The average molecular weight is 145 g/mol. The van der Waals surface area contributed by atoms with E-state index in [1.165, 1.54) is 0 Å². The lowest BCUT2D eigenvalue weighted by Gasteiger charge is -2.20. The van der Waals surface area contributed by atoms with Gasteiger partial charge >= 0.3 is 0 Å². The van der Waals surface area contributed by atoms with E-state index in [-0.39, 0.29) is 18.5 Å². The number of halogens is 1. The summed E-state index contributed by atoms with van der Waals surface area (Å²) in [5.41, 5.74) is 0. The van der Waals surface area contributed by atoms with Crippen LogP contribution in [0.3, 0.4) is 0 Å². The molecule has 0 unspecified atom stereocenters. The van der Waals surface area contributed by atoms with Crippen LogP contribution >= 0.6 is 0 Å². The minimum Gasteiger partial charge on any atom is -0.356 e. The van der Waals surface area contributed by atoms with E-state index in [2.05, 4.69) is 5.32 Å². The molecule has 1 fully saturated rings. The van der Waals surface area contributed by atoms with Gasteiger partial charge in [0.15, 0.2) is 0 Å². The van der Waals surface area contributed by atoms with Crippen LogP contribution in [0.5, 0.6) is 0 Å². The molecule has 1 rings (SSSR count). The summed E-state index contributed by atoms with van der Waals surface area (Å²) in [6, 6.07) is 0. The van der Waals surface area contributed by atoms with Gasteiger partial charge in [-0.3, -0.25) is 9.18 Å². The Hall–Kier alpha value is -0.600. The molecule has 0 radical (unpaired) electrons. The third-order valence-corrected chi connectivity index (χ3v) is 1.86.